The van der Waals surface area contributed by atoms with Gasteiger partial charge in [0.15, 0.2) is 5.69 Å². The van der Waals surface area contributed by atoms with E-state index < -0.39 is 0 Å². The van der Waals surface area contributed by atoms with Gasteiger partial charge in [-0.05, 0) is 30.7 Å². The Kier molecular flexibility index (Phi) is 3.53. The summed E-state index contributed by atoms with van der Waals surface area (Å²) in [6, 6.07) is 7.16. The van der Waals surface area contributed by atoms with Crippen LogP contribution in [0, 0.1) is 0 Å². The largest absolute Gasteiger partial charge is 0.494 e. The van der Waals surface area contributed by atoms with Crippen LogP contribution in [0.25, 0.3) is 16.2 Å². The molecular weight excluding hydrogens is 290 g/mol. The third-order valence-electron chi connectivity index (χ3n) is 2.81. The van der Waals surface area contributed by atoms with Crippen molar-refractivity contribution in [3.8, 4) is 17.0 Å². The summed E-state index contributed by atoms with van der Waals surface area (Å²) >= 11 is 1.12. The van der Waals surface area contributed by atoms with Gasteiger partial charge in [0.05, 0.1) is 6.61 Å². The zero-order chi connectivity index (χ0) is 14.8. The maximum atomic E-state index is 12.3. The number of hydrogen-bond donors (Lipinski definition) is 1. The molecule has 0 aliphatic rings. The molecule has 0 spiro atoms. The van der Waals surface area contributed by atoms with Crippen LogP contribution in [0.1, 0.15) is 13.3 Å². The highest BCUT2D eigenvalue weighted by Gasteiger charge is 2.12. The Labute approximate surface area is 124 Å². The molecule has 21 heavy (non-hydrogen) atoms. The van der Waals surface area contributed by atoms with E-state index in [0.717, 1.165) is 23.5 Å². The highest BCUT2D eigenvalue weighted by molar-refractivity contribution is 7.20. The first-order valence-corrected chi connectivity index (χ1v) is 7.26. The maximum absolute atomic E-state index is 12.3. The SMILES string of the molecule is CCCOc1ccc(-c2nnc3sc(N)nn3c2=O)cc1. The lowest BCUT2D eigenvalue weighted by molar-refractivity contribution is 0.317. The molecule has 2 heterocycles. The van der Waals surface area contributed by atoms with Crippen LogP contribution >= 0.6 is 11.3 Å². The van der Waals surface area contributed by atoms with Crippen molar-refractivity contribution >= 4 is 21.4 Å². The Morgan fingerprint density at radius 2 is 2.05 bits per heavy atom. The predicted molar refractivity (Wildman–Crippen MR) is 80.6 cm³/mol. The van der Waals surface area contributed by atoms with Crippen molar-refractivity contribution in [2.45, 2.75) is 13.3 Å². The van der Waals surface area contributed by atoms with E-state index in [2.05, 4.69) is 15.3 Å². The second-order valence-electron chi connectivity index (χ2n) is 4.36. The van der Waals surface area contributed by atoms with E-state index in [1.165, 1.54) is 4.52 Å². The molecular formula is C13H13N5O2S. The molecule has 0 fully saturated rings. The van der Waals surface area contributed by atoms with Crippen LogP contribution < -0.4 is 16.0 Å². The third kappa shape index (κ3) is 2.57. The van der Waals surface area contributed by atoms with Crippen LogP contribution in [-0.4, -0.2) is 26.4 Å². The van der Waals surface area contributed by atoms with Gasteiger partial charge in [-0.2, -0.15) is 4.52 Å². The molecule has 8 heteroatoms. The fourth-order valence-electron chi connectivity index (χ4n) is 1.84. The van der Waals surface area contributed by atoms with E-state index in [0.29, 0.717) is 17.1 Å². The first-order chi connectivity index (χ1) is 10.2. The summed E-state index contributed by atoms with van der Waals surface area (Å²) in [7, 11) is 0. The summed E-state index contributed by atoms with van der Waals surface area (Å²) in [5.41, 5.74) is 6.14. The Morgan fingerprint density at radius 3 is 2.76 bits per heavy atom. The molecule has 0 bridgehead atoms. The number of aromatic nitrogens is 4. The first-order valence-electron chi connectivity index (χ1n) is 6.44. The van der Waals surface area contributed by atoms with Crippen molar-refractivity contribution < 1.29 is 4.74 Å². The summed E-state index contributed by atoms with van der Waals surface area (Å²) in [4.78, 5) is 12.7. The van der Waals surface area contributed by atoms with Gasteiger partial charge in [0, 0.05) is 5.56 Å². The van der Waals surface area contributed by atoms with Gasteiger partial charge in [-0.3, -0.25) is 4.79 Å². The number of hydrogen-bond acceptors (Lipinski definition) is 7. The lowest BCUT2D eigenvalue weighted by Crippen LogP contribution is -2.19. The molecule has 1 aromatic carbocycles. The molecule has 2 aromatic heterocycles. The van der Waals surface area contributed by atoms with Gasteiger partial charge in [-0.25, -0.2) is 0 Å². The van der Waals surface area contributed by atoms with E-state index in [-0.39, 0.29) is 16.4 Å². The molecule has 0 aliphatic carbocycles. The van der Waals surface area contributed by atoms with E-state index in [1.807, 2.05) is 6.92 Å². The molecule has 0 unspecified atom stereocenters. The van der Waals surface area contributed by atoms with Gasteiger partial charge in [0.1, 0.15) is 5.75 Å². The third-order valence-corrected chi connectivity index (χ3v) is 3.53. The van der Waals surface area contributed by atoms with E-state index in [1.54, 1.807) is 24.3 Å². The Balaban J connectivity index is 2.00. The highest BCUT2D eigenvalue weighted by Crippen LogP contribution is 2.19. The standard InChI is InChI=1S/C13H13N5O2S/c1-2-7-20-9-5-3-8(4-6-9)10-11(19)18-13(16-15-10)21-12(14)17-18/h3-6H,2,7H2,1H3,(H2,14,17). The first kappa shape index (κ1) is 13.5. The molecule has 0 saturated carbocycles. The molecule has 0 amide bonds. The molecule has 0 atom stereocenters. The number of nitrogens with two attached hydrogens (primary N) is 1. The Bertz CT molecular complexity index is 825. The van der Waals surface area contributed by atoms with Crippen molar-refractivity contribution in [1.82, 2.24) is 19.8 Å². The molecule has 2 N–H and O–H groups in total. The van der Waals surface area contributed by atoms with Gasteiger partial charge in [-0.1, -0.05) is 18.3 Å². The number of ether oxygens (including phenoxy) is 1. The van der Waals surface area contributed by atoms with Crippen LogP contribution in [0.5, 0.6) is 5.75 Å². The average Bonchev–Trinajstić information content (AvgIpc) is 2.88. The van der Waals surface area contributed by atoms with Crippen molar-refractivity contribution in [2.24, 2.45) is 0 Å². The topological polar surface area (TPSA) is 95.4 Å². The number of nitrogen functional groups attached to an aromatic ring is 1. The Hall–Kier alpha value is -2.48. The molecule has 0 saturated heterocycles. The van der Waals surface area contributed by atoms with Gasteiger partial charge in [0.25, 0.3) is 0 Å². The Morgan fingerprint density at radius 1 is 1.29 bits per heavy atom. The van der Waals surface area contributed by atoms with Crippen molar-refractivity contribution in [3.05, 3.63) is 34.6 Å². The minimum atomic E-state index is -0.338. The van der Waals surface area contributed by atoms with E-state index >= 15 is 0 Å². The number of benzene rings is 1. The smallest absolute Gasteiger partial charge is 0.302 e. The lowest BCUT2D eigenvalue weighted by Gasteiger charge is -2.05. The van der Waals surface area contributed by atoms with Crippen LogP contribution in [-0.2, 0) is 0 Å². The number of fused-ring (bicyclic) bond motifs is 1. The monoisotopic (exact) mass is 303 g/mol. The molecule has 0 aliphatic heterocycles. The summed E-state index contributed by atoms with van der Waals surface area (Å²) in [6.07, 6.45) is 0.941. The second-order valence-corrected chi connectivity index (χ2v) is 5.35. The average molecular weight is 303 g/mol. The van der Waals surface area contributed by atoms with Crippen LogP contribution in [0.2, 0.25) is 0 Å². The van der Waals surface area contributed by atoms with Gasteiger partial charge >= 0.3 is 5.56 Å². The maximum Gasteiger partial charge on any atom is 0.302 e. The van der Waals surface area contributed by atoms with Crippen LogP contribution in [0.4, 0.5) is 5.13 Å². The minimum absolute atomic E-state index is 0.236. The van der Waals surface area contributed by atoms with Crippen molar-refractivity contribution in [1.29, 1.82) is 0 Å². The molecule has 0 radical (unpaired) electrons. The summed E-state index contributed by atoms with van der Waals surface area (Å²) in [5, 5.41) is 12.2. The zero-order valence-electron chi connectivity index (χ0n) is 11.3. The van der Waals surface area contributed by atoms with Gasteiger partial charge < -0.3 is 10.5 Å². The van der Waals surface area contributed by atoms with Crippen molar-refractivity contribution in [2.75, 3.05) is 12.3 Å². The van der Waals surface area contributed by atoms with E-state index in [9.17, 15) is 4.79 Å². The number of rotatable bonds is 4. The van der Waals surface area contributed by atoms with Gasteiger partial charge in [-0.15, -0.1) is 15.3 Å². The second kappa shape index (κ2) is 5.49. The number of nitrogens with zero attached hydrogens (tertiary/aromatic N) is 4. The summed E-state index contributed by atoms with van der Waals surface area (Å²) in [6.45, 7) is 2.70. The normalized spacial score (nSPS) is 10.9. The lowest BCUT2D eigenvalue weighted by atomic mass is 10.1. The number of anilines is 1. The molecule has 7 nitrogen and oxygen atoms in total. The predicted octanol–water partition coefficient (Wildman–Crippen LogP) is 1.58. The van der Waals surface area contributed by atoms with Gasteiger partial charge in [0.2, 0.25) is 10.1 Å². The molecule has 3 rings (SSSR count). The zero-order valence-corrected chi connectivity index (χ0v) is 12.1. The van der Waals surface area contributed by atoms with E-state index in [4.69, 9.17) is 10.5 Å². The fourth-order valence-corrected chi connectivity index (χ4v) is 2.44. The van der Waals surface area contributed by atoms with Crippen LogP contribution in [0.15, 0.2) is 29.1 Å². The molecule has 3 aromatic rings. The fraction of sp³-hybridized carbons (Fsp3) is 0.231. The summed E-state index contributed by atoms with van der Waals surface area (Å²) in [5.74, 6) is 0.757. The molecule has 108 valence electrons. The summed E-state index contributed by atoms with van der Waals surface area (Å²) < 4.78 is 6.67. The van der Waals surface area contributed by atoms with Crippen LogP contribution in [0.3, 0.4) is 0 Å². The van der Waals surface area contributed by atoms with Crippen molar-refractivity contribution in [3.63, 3.8) is 0 Å². The quantitative estimate of drug-likeness (QED) is 0.786. The highest BCUT2D eigenvalue weighted by atomic mass is 32.1. The minimum Gasteiger partial charge on any atom is -0.494 e.